The van der Waals surface area contributed by atoms with Crippen molar-refractivity contribution in [3.8, 4) is 0 Å². The first-order valence-corrected chi connectivity index (χ1v) is 6.25. The lowest BCUT2D eigenvalue weighted by Gasteiger charge is -2.22. The molecule has 2 nitrogen and oxygen atoms in total. The van der Waals surface area contributed by atoms with Crippen molar-refractivity contribution < 1.29 is 9.90 Å². The fraction of sp³-hybridized carbons (Fsp3) is 0.923. The van der Waals surface area contributed by atoms with Crippen molar-refractivity contribution in [3.05, 3.63) is 0 Å². The lowest BCUT2D eigenvalue weighted by Crippen LogP contribution is -2.13. The maximum Gasteiger partial charge on any atom is 0.307 e. The molecule has 1 atom stereocenters. The summed E-state index contributed by atoms with van der Waals surface area (Å²) in [6.07, 6.45) is 8.66. The normalized spacial score (nSPS) is 33.1. The Balaban J connectivity index is 2.14. The standard InChI is InChI=1S/C13H22O2/c1-12(2)10(11(14)15)13(12)8-6-4-3-5-7-9-13/h10H,3-9H2,1-2H3,(H,14,15). The van der Waals surface area contributed by atoms with Crippen molar-refractivity contribution in [2.24, 2.45) is 16.7 Å². The number of carbonyl (C=O) groups is 1. The zero-order chi connectivity index (χ0) is 11.1. The van der Waals surface area contributed by atoms with Crippen LogP contribution < -0.4 is 0 Å². The van der Waals surface area contributed by atoms with Crippen molar-refractivity contribution in [2.45, 2.75) is 58.8 Å². The topological polar surface area (TPSA) is 37.3 Å². The van der Waals surface area contributed by atoms with E-state index < -0.39 is 5.97 Å². The average Bonchev–Trinajstić information content (AvgIpc) is 2.56. The van der Waals surface area contributed by atoms with Crippen molar-refractivity contribution in [2.75, 3.05) is 0 Å². The van der Waals surface area contributed by atoms with Crippen LogP contribution in [0.25, 0.3) is 0 Å². The molecule has 15 heavy (non-hydrogen) atoms. The Morgan fingerprint density at radius 2 is 1.53 bits per heavy atom. The summed E-state index contributed by atoms with van der Waals surface area (Å²) in [5.74, 6) is -0.649. The highest BCUT2D eigenvalue weighted by Crippen LogP contribution is 2.73. The van der Waals surface area contributed by atoms with E-state index >= 15 is 0 Å². The van der Waals surface area contributed by atoms with Crippen LogP contribution in [0.2, 0.25) is 0 Å². The fourth-order valence-electron chi connectivity index (χ4n) is 3.96. The van der Waals surface area contributed by atoms with E-state index in [-0.39, 0.29) is 16.7 Å². The van der Waals surface area contributed by atoms with Crippen LogP contribution in [0.15, 0.2) is 0 Å². The molecule has 2 aliphatic carbocycles. The number of hydrogen-bond acceptors (Lipinski definition) is 1. The third-order valence-corrected chi connectivity index (χ3v) is 4.97. The largest absolute Gasteiger partial charge is 0.481 e. The minimum Gasteiger partial charge on any atom is -0.481 e. The number of carboxylic acids is 1. The van der Waals surface area contributed by atoms with Crippen LogP contribution in [0.3, 0.4) is 0 Å². The molecule has 2 saturated carbocycles. The Kier molecular flexibility index (Phi) is 2.56. The average molecular weight is 210 g/mol. The van der Waals surface area contributed by atoms with Gasteiger partial charge in [-0.25, -0.2) is 0 Å². The van der Waals surface area contributed by atoms with Gasteiger partial charge in [-0.15, -0.1) is 0 Å². The van der Waals surface area contributed by atoms with Gasteiger partial charge < -0.3 is 5.11 Å². The summed E-state index contributed by atoms with van der Waals surface area (Å²) in [5.41, 5.74) is 0.176. The van der Waals surface area contributed by atoms with Gasteiger partial charge in [0.15, 0.2) is 0 Å². The Bertz CT molecular complexity index is 260. The second kappa shape index (κ2) is 3.50. The SMILES string of the molecule is CC1(C)C(C(=O)O)C12CCCCCCC2. The van der Waals surface area contributed by atoms with E-state index in [1.54, 1.807) is 0 Å². The van der Waals surface area contributed by atoms with E-state index in [9.17, 15) is 9.90 Å². The van der Waals surface area contributed by atoms with E-state index in [1.165, 1.54) is 32.1 Å². The maximum absolute atomic E-state index is 11.2. The van der Waals surface area contributed by atoms with Gasteiger partial charge in [-0.3, -0.25) is 4.79 Å². The van der Waals surface area contributed by atoms with Gasteiger partial charge in [0.25, 0.3) is 0 Å². The number of rotatable bonds is 1. The van der Waals surface area contributed by atoms with E-state index in [1.807, 2.05) is 0 Å². The summed E-state index contributed by atoms with van der Waals surface area (Å²) in [6.45, 7) is 4.29. The van der Waals surface area contributed by atoms with Gasteiger partial charge in [0, 0.05) is 0 Å². The molecule has 1 spiro atoms. The lowest BCUT2D eigenvalue weighted by molar-refractivity contribution is -0.140. The summed E-state index contributed by atoms with van der Waals surface area (Å²) >= 11 is 0. The second-order valence-corrected chi connectivity index (χ2v) is 5.92. The van der Waals surface area contributed by atoms with Crippen molar-refractivity contribution in [3.63, 3.8) is 0 Å². The van der Waals surface area contributed by atoms with Crippen molar-refractivity contribution in [1.82, 2.24) is 0 Å². The van der Waals surface area contributed by atoms with Crippen LogP contribution in [0.1, 0.15) is 58.8 Å². The van der Waals surface area contributed by atoms with Crippen LogP contribution in [0.5, 0.6) is 0 Å². The molecule has 2 aliphatic rings. The Morgan fingerprint density at radius 3 is 1.93 bits per heavy atom. The molecule has 0 bridgehead atoms. The maximum atomic E-state index is 11.2. The predicted molar refractivity (Wildman–Crippen MR) is 59.7 cm³/mol. The zero-order valence-electron chi connectivity index (χ0n) is 9.88. The third-order valence-electron chi connectivity index (χ3n) is 4.97. The first-order valence-electron chi connectivity index (χ1n) is 6.25. The Labute approximate surface area is 92.1 Å². The smallest absolute Gasteiger partial charge is 0.307 e. The molecule has 2 heteroatoms. The predicted octanol–water partition coefficient (Wildman–Crippen LogP) is 3.46. The summed E-state index contributed by atoms with van der Waals surface area (Å²) in [7, 11) is 0. The van der Waals surface area contributed by atoms with Crippen LogP contribution in [0.4, 0.5) is 0 Å². The molecule has 86 valence electrons. The molecule has 0 heterocycles. The number of carboxylic acid groups (broad SMARTS) is 1. The van der Waals surface area contributed by atoms with Crippen LogP contribution in [-0.4, -0.2) is 11.1 Å². The number of aliphatic carboxylic acids is 1. The van der Waals surface area contributed by atoms with E-state index in [4.69, 9.17) is 0 Å². The molecule has 0 aromatic rings. The molecular formula is C13H22O2. The van der Waals surface area contributed by atoms with Gasteiger partial charge in [-0.05, 0) is 23.7 Å². The van der Waals surface area contributed by atoms with Crippen molar-refractivity contribution in [1.29, 1.82) is 0 Å². The summed E-state index contributed by atoms with van der Waals surface area (Å²) < 4.78 is 0. The molecule has 2 rings (SSSR count). The molecular weight excluding hydrogens is 188 g/mol. The Morgan fingerprint density at radius 1 is 1.07 bits per heavy atom. The summed E-state index contributed by atoms with van der Waals surface area (Å²) in [4.78, 5) is 11.2. The molecule has 0 aromatic heterocycles. The molecule has 2 fully saturated rings. The van der Waals surface area contributed by atoms with E-state index in [2.05, 4.69) is 13.8 Å². The zero-order valence-corrected chi connectivity index (χ0v) is 9.88. The first kappa shape index (κ1) is 11.0. The Hall–Kier alpha value is -0.530. The highest BCUT2D eigenvalue weighted by molar-refractivity contribution is 5.77. The molecule has 0 saturated heterocycles. The molecule has 0 amide bonds. The van der Waals surface area contributed by atoms with Crippen LogP contribution >= 0.6 is 0 Å². The van der Waals surface area contributed by atoms with Gasteiger partial charge in [0.1, 0.15) is 0 Å². The van der Waals surface area contributed by atoms with Gasteiger partial charge in [-0.2, -0.15) is 0 Å². The van der Waals surface area contributed by atoms with Crippen molar-refractivity contribution >= 4 is 5.97 Å². The van der Waals surface area contributed by atoms with Crippen LogP contribution in [0, 0.1) is 16.7 Å². The summed E-state index contributed by atoms with van der Waals surface area (Å²) in [5, 5.41) is 9.27. The molecule has 0 aromatic carbocycles. The molecule has 1 N–H and O–H groups in total. The van der Waals surface area contributed by atoms with Gasteiger partial charge in [0.05, 0.1) is 5.92 Å². The highest BCUT2D eigenvalue weighted by Gasteiger charge is 2.72. The van der Waals surface area contributed by atoms with E-state index in [0.717, 1.165) is 12.8 Å². The van der Waals surface area contributed by atoms with E-state index in [0.29, 0.717) is 0 Å². The minimum atomic E-state index is -0.569. The van der Waals surface area contributed by atoms with Gasteiger partial charge >= 0.3 is 5.97 Å². The monoisotopic (exact) mass is 210 g/mol. The minimum absolute atomic E-state index is 0.0379. The van der Waals surface area contributed by atoms with Gasteiger partial charge in [0.2, 0.25) is 0 Å². The molecule has 0 aliphatic heterocycles. The quantitative estimate of drug-likeness (QED) is 0.719. The van der Waals surface area contributed by atoms with Gasteiger partial charge in [-0.1, -0.05) is 46.0 Å². The van der Waals surface area contributed by atoms with Crippen LogP contribution in [-0.2, 0) is 4.79 Å². The highest BCUT2D eigenvalue weighted by atomic mass is 16.4. The fourth-order valence-corrected chi connectivity index (χ4v) is 3.96. The third kappa shape index (κ3) is 1.49. The summed E-state index contributed by atoms with van der Waals surface area (Å²) in [6, 6.07) is 0. The number of hydrogen-bond donors (Lipinski definition) is 1. The molecule has 1 unspecified atom stereocenters. The lowest BCUT2D eigenvalue weighted by atomic mass is 9.82. The second-order valence-electron chi connectivity index (χ2n) is 5.92. The first-order chi connectivity index (χ1) is 7.02. The molecule has 0 radical (unpaired) electrons.